The highest BCUT2D eigenvalue weighted by molar-refractivity contribution is 5.89. The van der Waals surface area contributed by atoms with Crippen LogP contribution in [0.1, 0.15) is 11.1 Å². The molecule has 0 unspecified atom stereocenters. The van der Waals surface area contributed by atoms with Gasteiger partial charge in [-0.2, -0.15) is 0 Å². The van der Waals surface area contributed by atoms with Gasteiger partial charge in [-0.15, -0.1) is 0 Å². The number of benzene rings is 3. The van der Waals surface area contributed by atoms with Crippen molar-refractivity contribution in [3.63, 3.8) is 0 Å². The summed E-state index contributed by atoms with van der Waals surface area (Å²) in [6.07, 6.45) is 0. The number of carbonyl (C=O) groups excluding carboxylic acids is 1. The van der Waals surface area contributed by atoms with Crippen LogP contribution in [-0.2, 0) is 13.2 Å². The topological polar surface area (TPSA) is 59.6 Å². The first-order valence-electron chi connectivity index (χ1n) is 8.67. The molecule has 0 heterocycles. The number of rotatable bonds is 7. The monoisotopic (exact) mass is 362 g/mol. The highest BCUT2D eigenvalue weighted by Gasteiger charge is 2.03. The molecular weight excluding hydrogens is 340 g/mol. The van der Waals surface area contributed by atoms with Crippen molar-refractivity contribution in [2.75, 3.05) is 12.4 Å². The molecule has 0 bridgehead atoms. The number of nitrogens with one attached hydrogen (secondary N) is 2. The molecule has 0 aliphatic rings. The Hall–Kier alpha value is -3.47. The summed E-state index contributed by atoms with van der Waals surface area (Å²) in [5.74, 6) is 1.52. The Balaban J connectivity index is 1.46. The molecule has 27 heavy (non-hydrogen) atoms. The molecule has 0 aliphatic carbocycles. The van der Waals surface area contributed by atoms with E-state index in [0.29, 0.717) is 18.8 Å². The van der Waals surface area contributed by atoms with Gasteiger partial charge in [0.2, 0.25) is 0 Å². The second kappa shape index (κ2) is 9.29. The van der Waals surface area contributed by atoms with Crippen LogP contribution in [0.25, 0.3) is 0 Å². The number of methoxy groups -OCH3 is 1. The maximum absolute atomic E-state index is 12.1. The molecule has 0 atom stereocenters. The zero-order valence-corrected chi connectivity index (χ0v) is 15.1. The molecule has 138 valence electrons. The number of ether oxygens (including phenoxy) is 2. The summed E-state index contributed by atoms with van der Waals surface area (Å²) < 4.78 is 10.9. The second-order valence-corrected chi connectivity index (χ2v) is 5.96. The van der Waals surface area contributed by atoms with Crippen LogP contribution in [-0.4, -0.2) is 13.1 Å². The fourth-order valence-electron chi connectivity index (χ4n) is 2.52. The summed E-state index contributed by atoms with van der Waals surface area (Å²) in [4.78, 5) is 12.1. The lowest BCUT2D eigenvalue weighted by Gasteiger charge is -2.10. The van der Waals surface area contributed by atoms with Gasteiger partial charge in [-0.1, -0.05) is 42.5 Å². The van der Waals surface area contributed by atoms with E-state index in [9.17, 15) is 4.79 Å². The predicted molar refractivity (Wildman–Crippen MR) is 106 cm³/mol. The standard InChI is InChI=1S/C22H22N2O3/c1-26-21-9-5-8-18(14-21)15-23-22(25)24-19-10-12-20(13-11-19)27-16-17-6-3-2-4-7-17/h2-14H,15-16H2,1H3,(H2,23,24,25). The van der Waals surface area contributed by atoms with Gasteiger partial charge in [0.15, 0.2) is 0 Å². The molecule has 3 aromatic carbocycles. The van der Waals surface area contributed by atoms with Gasteiger partial charge in [0.1, 0.15) is 18.1 Å². The van der Waals surface area contributed by atoms with E-state index in [4.69, 9.17) is 9.47 Å². The van der Waals surface area contributed by atoms with E-state index in [1.54, 1.807) is 7.11 Å². The molecule has 5 nitrogen and oxygen atoms in total. The van der Waals surface area contributed by atoms with E-state index < -0.39 is 0 Å². The lowest BCUT2D eigenvalue weighted by atomic mass is 10.2. The third-order valence-electron chi connectivity index (χ3n) is 3.95. The minimum Gasteiger partial charge on any atom is -0.497 e. The highest BCUT2D eigenvalue weighted by Crippen LogP contribution is 2.17. The van der Waals surface area contributed by atoms with Gasteiger partial charge in [0.05, 0.1) is 7.11 Å². The Morgan fingerprint density at radius 2 is 1.59 bits per heavy atom. The van der Waals surface area contributed by atoms with Crippen LogP contribution < -0.4 is 20.1 Å². The third kappa shape index (κ3) is 5.78. The summed E-state index contributed by atoms with van der Waals surface area (Å²) >= 11 is 0. The van der Waals surface area contributed by atoms with Gasteiger partial charge in [0.25, 0.3) is 0 Å². The van der Waals surface area contributed by atoms with Crippen LogP contribution in [0, 0.1) is 0 Å². The summed E-state index contributed by atoms with van der Waals surface area (Å²) in [6, 6.07) is 24.6. The predicted octanol–water partition coefficient (Wildman–Crippen LogP) is 4.60. The largest absolute Gasteiger partial charge is 0.497 e. The maximum atomic E-state index is 12.1. The minimum atomic E-state index is -0.268. The second-order valence-electron chi connectivity index (χ2n) is 5.96. The van der Waals surface area contributed by atoms with Crippen molar-refractivity contribution in [2.45, 2.75) is 13.2 Å². The summed E-state index contributed by atoms with van der Waals surface area (Å²) in [5, 5.41) is 5.63. The molecule has 3 aromatic rings. The summed E-state index contributed by atoms with van der Waals surface area (Å²) in [5.41, 5.74) is 2.77. The lowest BCUT2D eigenvalue weighted by molar-refractivity contribution is 0.251. The van der Waals surface area contributed by atoms with Crippen LogP contribution in [0.3, 0.4) is 0 Å². The number of urea groups is 1. The van der Waals surface area contributed by atoms with Crippen molar-refractivity contribution in [2.24, 2.45) is 0 Å². The van der Waals surface area contributed by atoms with E-state index >= 15 is 0 Å². The Labute approximate surface area is 158 Å². The molecular formula is C22H22N2O3. The van der Waals surface area contributed by atoms with Gasteiger partial charge < -0.3 is 20.1 Å². The van der Waals surface area contributed by atoms with E-state index in [2.05, 4.69) is 10.6 Å². The fraction of sp³-hybridized carbons (Fsp3) is 0.136. The first kappa shape index (κ1) is 18.3. The molecule has 3 rings (SSSR count). The van der Waals surface area contributed by atoms with Gasteiger partial charge in [-0.3, -0.25) is 0 Å². The number of anilines is 1. The van der Waals surface area contributed by atoms with Gasteiger partial charge in [-0.25, -0.2) is 4.79 Å². The van der Waals surface area contributed by atoms with Gasteiger partial charge in [-0.05, 0) is 47.5 Å². The molecule has 0 aliphatic heterocycles. The van der Waals surface area contributed by atoms with Crippen molar-refractivity contribution >= 4 is 11.7 Å². The molecule has 2 N–H and O–H groups in total. The SMILES string of the molecule is COc1cccc(CNC(=O)Nc2ccc(OCc3ccccc3)cc2)c1. The molecule has 5 heteroatoms. The van der Waals surface area contributed by atoms with Crippen molar-refractivity contribution < 1.29 is 14.3 Å². The fourth-order valence-corrected chi connectivity index (χ4v) is 2.52. The van der Waals surface area contributed by atoms with Crippen molar-refractivity contribution in [3.05, 3.63) is 90.0 Å². The molecule has 0 fully saturated rings. The highest BCUT2D eigenvalue weighted by atomic mass is 16.5. The number of carbonyl (C=O) groups is 1. The van der Waals surface area contributed by atoms with Crippen LogP contribution in [0.5, 0.6) is 11.5 Å². The van der Waals surface area contributed by atoms with Crippen molar-refractivity contribution in [3.8, 4) is 11.5 Å². The van der Waals surface area contributed by atoms with Gasteiger partial charge in [0, 0.05) is 12.2 Å². The average molecular weight is 362 g/mol. The smallest absolute Gasteiger partial charge is 0.319 e. The Morgan fingerprint density at radius 1 is 0.852 bits per heavy atom. The zero-order chi connectivity index (χ0) is 18.9. The van der Waals surface area contributed by atoms with Crippen LogP contribution in [0.15, 0.2) is 78.9 Å². The first-order chi connectivity index (χ1) is 13.2. The van der Waals surface area contributed by atoms with E-state index in [1.165, 1.54) is 0 Å². The maximum Gasteiger partial charge on any atom is 0.319 e. The molecule has 0 spiro atoms. The number of hydrogen-bond acceptors (Lipinski definition) is 3. The molecule has 0 radical (unpaired) electrons. The van der Waals surface area contributed by atoms with Crippen molar-refractivity contribution in [1.29, 1.82) is 0 Å². The molecule has 0 saturated heterocycles. The van der Waals surface area contributed by atoms with Gasteiger partial charge >= 0.3 is 6.03 Å². The third-order valence-corrected chi connectivity index (χ3v) is 3.95. The average Bonchev–Trinajstić information content (AvgIpc) is 2.73. The van der Waals surface area contributed by atoms with E-state index in [0.717, 1.165) is 22.6 Å². The Morgan fingerprint density at radius 3 is 2.33 bits per heavy atom. The van der Waals surface area contributed by atoms with Crippen LogP contribution in [0.4, 0.5) is 10.5 Å². The number of amides is 2. The van der Waals surface area contributed by atoms with Crippen LogP contribution in [0.2, 0.25) is 0 Å². The van der Waals surface area contributed by atoms with Crippen LogP contribution >= 0.6 is 0 Å². The first-order valence-corrected chi connectivity index (χ1v) is 8.67. The molecule has 2 amide bonds. The lowest BCUT2D eigenvalue weighted by Crippen LogP contribution is -2.28. The normalized spacial score (nSPS) is 10.1. The minimum absolute atomic E-state index is 0.268. The Kier molecular flexibility index (Phi) is 6.30. The molecule has 0 saturated carbocycles. The Bertz CT molecular complexity index is 864. The van der Waals surface area contributed by atoms with E-state index in [1.807, 2.05) is 78.9 Å². The van der Waals surface area contributed by atoms with Crippen molar-refractivity contribution in [1.82, 2.24) is 5.32 Å². The van der Waals surface area contributed by atoms with E-state index in [-0.39, 0.29) is 6.03 Å². The quantitative estimate of drug-likeness (QED) is 0.646. The summed E-state index contributed by atoms with van der Waals surface area (Å²) in [7, 11) is 1.62. The number of hydrogen-bond donors (Lipinski definition) is 2. The zero-order valence-electron chi connectivity index (χ0n) is 15.1. The molecule has 0 aromatic heterocycles. The summed E-state index contributed by atoms with van der Waals surface area (Å²) in [6.45, 7) is 0.927.